The van der Waals surface area contributed by atoms with Gasteiger partial charge in [-0.15, -0.1) is 0 Å². The Morgan fingerprint density at radius 3 is 2.67 bits per heavy atom. The monoisotopic (exact) mass is 629 g/mol. The normalized spacial score (nSPS) is 23.8. The van der Waals surface area contributed by atoms with Crippen molar-refractivity contribution in [2.24, 2.45) is 0 Å². The molecule has 2 aromatic rings. The first-order valence-corrected chi connectivity index (χ1v) is 17.1. The third-order valence-electron chi connectivity index (χ3n) is 9.46. The first kappa shape index (κ1) is 32.3. The van der Waals surface area contributed by atoms with Crippen molar-refractivity contribution in [1.82, 2.24) is 24.3 Å². The topological polar surface area (TPSA) is 88.0 Å². The summed E-state index contributed by atoms with van der Waals surface area (Å²) in [7, 11) is 0. The molecule has 46 heavy (non-hydrogen) atoms. The molecule has 1 N–H and O–H groups in total. The van der Waals surface area contributed by atoms with Crippen molar-refractivity contribution in [3.63, 3.8) is 0 Å². The smallest absolute Gasteiger partial charge is 0.410 e. The van der Waals surface area contributed by atoms with Crippen molar-refractivity contribution >= 4 is 23.4 Å². The number of carbonyl (C=O) groups is 1. The maximum absolute atomic E-state index is 12.4. The van der Waals surface area contributed by atoms with E-state index in [1.54, 1.807) is 4.90 Å². The van der Waals surface area contributed by atoms with E-state index in [1.807, 2.05) is 27.0 Å². The molecule has 0 saturated carbocycles. The highest BCUT2D eigenvalue weighted by Crippen LogP contribution is 2.40. The van der Waals surface area contributed by atoms with Crippen molar-refractivity contribution in [2.45, 2.75) is 90.5 Å². The van der Waals surface area contributed by atoms with Crippen LogP contribution in [0.15, 0.2) is 60.0 Å². The van der Waals surface area contributed by atoms with Gasteiger partial charge in [-0.05, 0) is 70.2 Å². The van der Waals surface area contributed by atoms with Crippen molar-refractivity contribution in [1.29, 1.82) is 0 Å². The van der Waals surface area contributed by atoms with Gasteiger partial charge in [0.05, 0.1) is 18.8 Å². The second-order valence-corrected chi connectivity index (χ2v) is 13.9. The van der Waals surface area contributed by atoms with E-state index < -0.39 is 5.60 Å². The van der Waals surface area contributed by atoms with E-state index in [1.165, 1.54) is 29.7 Å². The Morgan fingerprint density at radius 1 is 1.11 bits per heavy atom. The predicted octanol–water partition coefficient (Wildman–Crippen LogP) is 6.27. The van der Waals surface area contributed by atoms with Gasteiger partial charge in [0.15, 0.2) is 0 Å². The molecule has 0 bridgehead atoms. The van der Waals surface area contributed by atoms with Gasteiger partial charge in [-0.25, -0.2) is 14.8 Å². The minimum Gasteiger partial charge on any atom is -0.444 e. The summed E-state index contributed by atoms with van der Waals surface area (Å²) in [6.07, 6.45) is 15.4. The molecular formula is C36H51N7O3. The van der Waals surface area contributed by atoms with Crippen molar-refractivity contribution in [3.05, 3.63) is 65.8 Å². The van der Waals surface area contributed by atoms with Gasteiger partial charge >= 0.3 is 6.09 Å². The molecular weight excluding hydrogens is 578 g/mol. The minimum atomic E-state index is -0.470. The van der Waals surface area contributed by atoms with Crippen LogP contribution in [0.2, 0.25) is 0 Å². The molecule has 2 aromatic heterocycles. The highest BCUT2D eigenvalue weighted by atomic mass is 16.6. The average molecular weight is 630 g/mol. The molecule has 248 valence electrons. The van der Waals surface area contributed by atoms with E-state index in [0.717, 1.165) is 62.9 Å². The van der Waals surface area contributed by atoms with Crippen LogP contribution in [0.25, 0.3) is 5.70 Å². The number of anilines is 2. The Labute approximate surface area is 274 Å². The number of rotatable bonds is 9. The SMILES string of the molecule is CCC1=C(C2=CC=CC(OCCN3CCN(C(=O)OC(C)(C)C)CC3)C2)CC(Nc2cccc(N3CCCC3C)n2)c2nccn21. The number of aromatic nitrogens is 3. The van der Waals surface area contributed by atoms with E-state index in [2.05, 4.69) is 76.2 Å². The Hall–Kier alpha value is -3.63. The Kier molecular flexibility index (Phi) is 9.84. The predicted molar refractivity (Wildman–Crippen MR) is 183 cm³/mol. The van der Waals surface area contributed by atoms with Gasteiger partial charge < -0.3 is 29.2 Å². The number of imidazole rings is 1. The van der Waals surface area contributed by atoms with Crippen LogP contribution in [-0.4, -0.2) is 94.1 Å². The van der Waals surface area contributed by atoms with E-state index in [-0.39, 0.29) is 18.2 Å². The van der Waals surface area contributed by atoms with E-state index in [9.17, 15) is 4.79 Å². The van der Waals surface area contributed by atoms with Crippen LogP contribution in [0, 0.1) is 0 Å². The molecule has 0 spiro atoms. The number of amides is 1. The third kappa shape index (κ3) is 7.50. The lowest BCUT2D eigenvalue weighted by Gasteiger charge is -2.35. The number of nitrogens with one attached hydrogen (secondary N) is 1. The van der Waals surface area contributed by atoms with Crippen LogP contribution in [0.1, 0.15) is 78.6 Å². The van der Waals surface area contributed by atoms with E-state index >= 15 is 0 Å². The van der Waals surface area contributed by atoms with Crippen molar-refractivity contribution < 1.29 is 14.3 Å². The molecule has 3 atom stereocenters. The van der Waals surface area contributed by atoms with Gasteiger partial charge in [0, 0.05) is 76.2 Å². The molecule has 6 rings (SSSR count). The fraction of sp³-hybridized carbons (Fsp3) is 0.583. The second-order valence-electron chi connectivity index (χ2n) is 13.9. The highest BCUT2D eigenvalue weighted by molar-refractivity contribution is 5.68. The zero-order valence-electron chi connectivity index (χ0n) is 28.2. The summed E-state index contributed by atoms with van der Waals surface area (Å²) in [6.45, 7) is 15.8. The first-order valence-electron chi connectivity index (χ1n) is 17.1. The summed E-state index contributed by atoms with van der Waals surface area (Å²) in [4.78, 5) is 28.8. The Balaban J connectivity index is 1.06. The molecule has 0 radical (unpaired) electrons. The number of ether oxygens (including phenoxy) is 2. The fourth-order valence-electron chi connectivity index (χ4n) is 7.09. The van der Waals surface area contributed by atoms with Crippen LogP contribution in [0.3, 0.4) is 0 Å². The molecule has 4 aliphatic rings. The molecule has 3 aliphatic heterocycles. The molecule has 0 aromatic carbocycles. The van der Waals surface area contributed by atoms with Crippen LogP contribution in [-0.2, 0) is 9.47 Å². The van der Waals surface area contributed by atoms with Gasteiger partial charge in [-0.1, -0.05) is 31.2 Å². The first-order chi connectivity index (χ1) is 22.2. The van der Waals surface area contributed by atoms with Crippen LogP contribution >= 0.6 is 0 Å². The lowest BCUT2D eigenvalue weighted by atomic mass is 9.87. The van der Waals surface area contributed by atoms with Crippen LogP contribution in [0.5, 0.6) is 0 Å². The lowest BCUT2D eigenvalue weighted by Crippen LogP contribution is -2.50. The fourth-order valence-corrected chi connectivity index (χ4v) is 7.09. The van der Waals surface area contributed by atoms with Gasteiger partial charge in [0.2, 0.25) is 0 Å². The molecule has 1 amide bonds. The summed E-state index contributed by atoms with van der Waals surface area (Å²) >= 11 is 0. The molecule has 5 heterocycles. The number of fused-ring (bicyclic) bond motifs is 1. The largest absolute Gasteiger partial charge is 0.444 e. The van der Waals surface area contributed by atoms with Gasteiger partial charge in [-0.3, -0.25) is 4.90 Å². The maximum atomic E-state index is 12.4. The van der Waals surface area contributed by atoms with Crippen LogP contribution < -0.4 is 10.2 Å². The number of hydrogen-bond acceptors (Lipinski definition) is 8. The number of hydrogen-bond donors (Lipinski definition) is 1. The molecule has 1 aliphatic carbocycles. The summed E-state index contributed by atoms with van der Waals surface area (Å²) < 4.78 is 14.2. The Morgan fingerprint density at radius 2 is 1.93 bits per heavy atom. The van der Waals surface area contributed by atoms with Gasteiger partial charge in [0.1, 0.15) is 23.1 Å². The zero-order valence-corrected chi connectivity index (χ0v) is 28.2. The lowest BCUT2D eigenvalue weighted by molar-refractivity contribution is 0.00938. The number of piperazine rings is 1. The summed E-state index contributed by atoms with van der Waals surface area (Å²) in [5, 5.41) is 3.75. The number of allylic oxidation sites excluding steroid dienone is 3. The maximum Gasteiger partial charge on any atom is 0.410 e. The van der Waals surface area contributed by atoms with Gasteiger partial charge in [0.25, 0.3) is 0 Å². The molecule has 3 unspecified atom stereocenters. The summed E-state index contributed by atoms with van der Waals surface area (Å²) in [6, 6.07) is 6.84. The highest BCUT2D eigenvalue weighted by Gasteiger charge is 2.31. The molecule has 10 heteroatoms. The van der Waals surface area contributed by atoms with Crippen molar-refractivity contribution in [2.75, 3.05) is 56.1 Å². The molecule has 2 fully saturated rings. The van der Waals surface area contributed by atoms with E-state index in [0.29, 0.717) is 25.7 Å². The number of carbonyl (C=O) groups excluding carboxylic acids is 1. The van der Waals surface area contributed by atoms with Crippen LogP contribution in [0.4, 0.5) is 16.4 Å². The second kappa shape index (κ2) is 14.0. The minimum absolute atomic E-state index is 0.0181. The summed E-state index contributed by atoms with van der Waals surface area (Å²) in [5.74, 6) is 2.97. The molecule has 10 nitrogen and oxygen atoms in total. The molecule has 2 saturated heterocycles. The zero-order chi connectivity index (χ0) is 32.3. The average Bonchev–Trinajstić information content (AvgIpc) is 3.70. The quantitative estimate of drug-likeness (QED) is 0.348. The number of pyridine rings is 1. The van der Waals surface area contributed by atoms with Gasteiger partial charge in [-0.2, -0.15) is 0 Å². The third-order valence-corrected chi connectivity index (χ3v) is 9.46. The van der Waals surface area contributed by atoms with E-state index in [4.69, 9.17) is 19.4 Å². The standard InChI is InChI=1S/C36H51N7O3/c1-6-31-29(25-30(34-37-15-17-43(31)34)38-32-13-8-14-33(39-32)42-16-9-10-26(42)2)27-11-7-12-28(24-27)45-23-22-40-18-20-41(21-19-40)35(44)46-36(3,4)5/h7-8,11-15,17,26,28,30H,6,9-10,16,18-25H2,1-5H3,(H,38,39). The Bertz CT molecular complexity index is 1460. The van der Waals surface area contributed by atoms with Crippen molar-refractivity contribution in [3.8, 4) is 0 Å². The number of nitrogens with zero attached hydrogens (tertiary/aromatic N) is 6. The summed E-state index contributed by atoms with van der Waals surface area (Å²) in [5.41, 5.74) is 3.53.